The van der Waals surface area contributed by atoms with E-state index in [9.17, 15) is 4.79 Å². The first-order valence-electron chi connectivity index (χ1n) is 7.44. The molecule has 0 spiro atoms. The highest BCUT2D eigenvalue weighted by Gasteiger charge is 2.32. The van der Waals surface area contributed by atoms with Crippen molar-refractivity contribution in [3.63, 3.8) is 0 Å². The zero-order valence-corrected chi connectivity index (χ0v) is 14.0. The standard InChI is InChI=1S/C16H23ClN2O3/c1-16(2,3)22-15(20)19-8-4-5-12(19)10-21-14-9-11(18)6-7-13(14)17/h6-7,9,12H,4-5,8,10,18H2,1-3H3/t12-/m0/s1. The monoisotopic (exact) mass is 326 g/mol. The fourth-order valence-electron chi connectivity index (χ4n) is 2.39. The molecular formula is C16H23ClN2O3. The van der Waals surface area contributed by atoms with Crippen molar-refractivity contribution in [2.45, 2.75) is 45.3 Å². The fraction of sp³-hybridized carbons (Fsp3) is 0.562. The topological polar surface area (TPSA) is 64.8 Å². The SMILES string of the molecule is CC(C)(C)OC(=O)N1CCC[C@H]1COc1cc(N)ccc1Cl. The minimum absolute atomic E-state index is 0.00709. The number of benzene rings is 1. The normalized spacial score (nSPS) is 18.4. The van der Waals surface area contributed by atoms with Crippen LogP contribution in [0.25, 0.3) is 0 Å². The van der Waals surface area contributed by atoms with Crippen LogP contribution in [0.4, 0.5) is 10.5 Å². The van der Waals surface area contributed by atoms with Crippen LogP contribution >= 0.6 is 11.6 Å². The zero-order chi connectivity index (χ0) is 16.3. The molecule has 0 aliphatic carbocycles. The average molecular weight is 327 g/mol. The van der Waals surface area contributed by atoms with Crippen LogP contribution in [-0.2, 0) is 4.74 Å². The first-order chi connectivity index (χ1) is 10.3. The van der Waals surface area contributed by atoms with Crippen molar-refractivity contribution in [1.29, 1.82) is 0 Å². The van der Waals surface area contributed by atoms with E-state index in [-0.39, 0.29) is 12.1 Å². The maximum atomic E-state index is 12.2. The summed E-state index contributed by atoms with van der Waals surface area (Å²) >= 11 is 6.08. The Hall–Kier alpha value is -1.62. The third kappa shape index (κ3) is 4.44. The average Bonchev–Trinajstić information content (AvgIpc) is 2.86. The lowest BCUT2D eigenvalue weighted by Crippen LogP contribution is -2.42. The highest BCUT2D eigenvalue weighted by Crippen LogP contribution is 2.28. The molecular weight excluding hydrogens is 304 g/mol. The van der Waals surface area contributed by atoms with Crippen LogP contribution in [0.1, 0.15) is 33.6 Å². The van der Waals surface area contributed by atoms with Crippen molar-refractivity contribution < 1.29 is 14.3 Å². The molecule has 22 heavy (non-hydrogen) atoms. The summed E-state index contributed by atoms with van der Waals surface area (Å²) in [5.74, 6) is 0.540. The highest BCUT2D eigenvalue weighted by molar-refractivity contribution is 6.32. The van der Waals surface area contributed by atoms with Gasteiger partial charge in [-0.25, -0.2) is 4.79 Å². The lowest BCUT2D eigenvalue weighted by molar-refractivity contribution is 0.0187. The summed E-state index contributed by atoms with van der Waals surface area (Å²) in [7, 11) is 0. The molecule has 1 aliphatic rings. The number of anilines is 1. The number of rotatable bonds is 3. The Balaban J connectivity index is 1.97. The molecule has 0 bridgehead atoms. The van der Waals surface area contributed by atoms with Gasteiger partial charge in [-0.1, -0.05) is 11.6 Å². The number of amides is 1. The predicted molar refractivity (Wildman–Crippen MR) is 87.3 cm³/mol. The van der Waals surface area contributed by atoms with Gasteiger partial charge >= 0.3 is 6.09 Å². The molecule has 1 aromatic carbocycles. The van der Waals surface area contributed by atoms with E-state index in [4.69, 9.17) is 26.8 Å². The number of carbonyl (C=O) groups excluding carboxylic acids is 1. The molecule has 0 saturated carbocycles. The van der Waals surface area contributed by atoms with Gasteiger partial charge in [-0.2, -0.15) is 0 Å². The van der Waals surface area contributed by atoms with Crippen molar-refractivity contribution in [1.82, 2.24) is 4.90 Å². The summed E-state index contributed by atoms with van der Waals surface area (Å²) in [5.41, 5.74) is 5.83. The quantitative estimate of drug-likeness (QED) is 0.860. The number of carbonyl (C=O) groups is 1. The van der Waals surface area contributed by atoms with E-state index >= 15 is 0 Å². The lowest BCUT2D eigenvalue weighted by atomic mass is 10.2. The maximum Gasteiger partial charge on any atom is 0.410 e. The number of nitrogens with two attached hydrogens (primary N) is 1. The van der Waals surface area contributed by atoms with Gasteiger partial charge in [-0.15, -0.1) is 0 Å². The number of nitrogen functional groups attached to an aromatic ring is 1. The first-order valence-corrected chi connectivity index (χ1v) is 7.81. The highest BCUT2D eigenvalue weighted by atomic mass is 35.5. The third-order valence-electron chi connectivity index (χ3n) is 3.39. The molecule has 6 heteroatoms. The van der Waals surface area contributed by atoms with E-state index in [0.717, 1.165) is 12.8 Å². The molecule has 0 aromatic heterocycles. The van der Waals surface area contributed by atoms with Gasteiger partial charge in [0, 0.05) is 18.3 Å². The largest absolute Gasteiger partial charge is 0.490 e. The van der Waals surface area contributed by atoms with E-state index in [1.165, 1.54) is 0 Å². The van der Waals surface area contributed by atoms with Crippen LogP contribution in [0.5, 0.6) is 5.75 Å². The zero-order valence-electron chi connectivity index (χ0n) is 13.3. The van der Waals surface area contributed by atoms with Crippen LogP contribution in [0.2, 0.25) is 5.02 Å². The van der Waals surface area contributed by atoms with Gasteiger partial charge in [0.25, 0.3) is 0 Å². The van der Waals surface area contributed by atoms with Gasteiger partial charge in [0.15, 0.2) is 0 Å². The van der Waals surface area contributed by atoms with Gasteiger partial charge < -0.3 is 20.1 Å². The fourth-order valence-corrected chi connectivity index (χ4v) is 2.56. The molecule has 1 fully saturated rings. The minimum Gasteiger partial charge on any atom is -0.490 e. The molecule has 2 rings (SSSR count). The maximum absolute atomic E-state index is 12.2. The minimum atomic E-state index is -0.498. The molecule has 1 atom stereocenters. The van der Waals surface area contributed by atoms with Crippen LogP contribution in [0.15, 0.2) is 18.2 Å². The van der Waals surface area contributed by atoms with Gasteiger partial charge in [0.2, 0.25) is 0 Å². The van der Waals surface area contributed by atoms with Crippen molar-refractivity contribution in [2.75, 3.05) is 18.9 Å². The number of ether oxygens (including phenoxy) is 2. The smallest absolute Gasteiger partial charge is 0.410 e. The number of likely N-dealkylation sites (tertiary alicyclic amines) is 1. The van der Waals surface area contributed by atoms with Crippen LogP contribution < -0.4 is 10.5 Å². The summed E-state index contributed by atoms with van der Waals surface area (Å²) in [5, 5.41) is 0.510. The van der Waals surface area contributed by atoms with Gasteiger partial charge in [-0.05, 0) is 45.7 Å². The Morgan fingerprint density at radius 2 is 2.18 bits per heavy atom. The van der Waals surface area contributed by atoms with Crippen LogP contribution in [-0.4, -0.2) is 35.8 Å². The number of hydrogen-bond donors (Lipinski definition) is 1. The van der Waals surface area contributed by atoms with E-state index in [1.807, 2.05) is 20.8 Å². The molecule has 0 unspecified atom stereocenters. The van der Waals surface area contributed by atoms with E-state index in [0.29, 0.717) is 29.6 Å². The molecule has 1 aromatic rings. The van der Waals surface area contributed by atoms with E-state index < -0.39 is 5.60 Å². The van der Waals surface area contributed by atoms with E-state index in [1.54, 1.807) is 23.1 Å². The summed E-state index contributed by atoms with van der Waals surface area (Å²) in [4.78, 5) is 13.9. The lowest BCUT2D eigenvalue weighted by Gasteiger charge is -2.28. The van der Waals surface area contributed by atoms with Crippen molar-refractivity contribution in [2.24, 2.45) is 0 Å². The molecule has 1 saturated heterocycles. The Kier molecular flexibility index (Phi) is 5.06. The molecule has 1 amide bonds. The summed E-state index contributed by atoms with van der Waals surface area (Å²) in [6, 6.07) is 5.10. The molecule has 1 aliphatic heterocycles. The number of halogens is 1. The Bertz CT molecular complexity index is 543. The van der Waals surface area contributed by atoms with Crippen LogP contribution in [0.3, 0.4) is 0 Å². The summed E-state index contributed by atoms with van der Waals surface area (Å²) in [6.07, 6.45) is 1.54. The van der Waals surface area contributed by atoms with Gasteiger partial charge in [0.1, 0.15) is 18.0 Å². The first kappa shape index (κ1) is 16.7. The second-order valence-corrected chi connectivity index (χ2v) is 6.88. The Labute approximate surface area is 136 Å². The van der Waals surface area contributed by atoms with Gasteiger partial charge in [0.05, 0.1) is 11.1 Å². The molecule has 122 valence electrons. The van der Waals surface area contributed by atoms with E-state index in [2.05, 4.69) is 0 Å². The molecule has 1 heterocycles. The molecule has 2 N–H and O–H groups in total. The number of hydrogen-bond acceptors (Lipinski definition) is 4. The van der Waals surface area contributed by atoms with Gasteiger partial charge in [-0.3, -0.25) is 0 Å². The summed E-state index contributed by atoms with van der Waals surface area (Å²) in [6.45, 7) is 6.65. The Morgan fingerprint density at radius 3 is 2.86 bits per heavy atom. The third-order valence-corrected chi connectivity index (χ3v) is 3.70. The van der Waals surface area contributed by atoms with Crippen molar-refractivity contribution in [3.05, 3.63) is 23.2 Å². The predicted octanol–water partition coefficient (Wildman–Crippen LogP) is 3.70. The second-order valence-electron chi connectivity index (χ2n) is 6.47. The molecule has 0 radical (unpaired) electrons. The Morgan fingerprint density at radius 1 is 1.45 bits per heavy atom. The van der Waals surface area contributed by atoms with Crippen molar-refractivity contribution >= 4 is 23.4 Å². The number of nitrogens with zero attached hydrogens (tertiary/aromatic N) is 1. The van der Waals surface area contributed by atoms with Crippen LogP contribution in [0, 0.1) is 0 Å². The second kappa shape index (κ2) is 6.65. The molecule has 5 nitrogen and oxygen atoms in total. The van der Waals surface area contributed by atoms with Crippen molar-refractivity contribution in [3.8, 4) is 5.75 Å². The summed E-state index contributed by atoms with van der Waals surface area (Å²) < 4.78 is 11.2.